The van der Waals surface area contributed by atoms with E-state index in [1.54, 1.807) is 0 Å². The lowest BCUT2D eigenvalue weighted by Gasteiger charge is -2.35. The lowest BCUT2D eigenvalue weighted by molar-refractivity contribution is -0.152. The molecule has 2 saturated heterocycles. The van der Waals surface area contributed by atoms with Crippen LogP contribution in [0.4, 0.5) is 5.69 Å². The standard InChI is InChI=1S/C16H18N2O3/c1-21-14(19)12-9-10-5-4-8-18(10)16(12)11-6-2-3-7-13(11)17-15(16)20/h2-3,6-7,10,12H,4-5,8-9H2,1H3,(H,17,20)/t10-,12+,16-/m1/s1. The smallest absolute Gasteiger partial charge is 0.311 e. The van der Waals surface area contributed by atoms with Crippen LogP contribution in [0, 0.1) is 5.92 Å². The molecule has 1 aromatic carbocycles. The van der Waals surface area contributed by atoms with Gasteiger partial charge in [-0.2, -0.15) is 0 Å². The average molecular weight is 286 g/mol. The number of amides is 1. The Bertz CT molecular complexity index is 630. The SMILES string of the molecule is COC(=O)[C@@H]1C[C@H]2CCCN2[C@@]12C(=O)Nc1ccccc12. The number of methoxy groups -OCH3 is 1. The van der Waals surface area contributed by atoms with Gasteiger partial charge in [-0.3, -0.25) is 14.5 Å². The number of rotatable bonds is 1. The van der Waals surface area contributed by atoms with Crippen LogP contribution in [-0.4, -0.2) is 36.5 Å². The molecule has 0 unspecified atom stereocenters. The van der Waals surface area contributed by atoms with E-state index in [0.29, 0.717) is 12.5 Å². The molecule has 0 radical (unpaired) electrons. The fourth-order valence-electron chi connectivity index (χ4n) is 4.49. The first kappa shape index (κ1) is 12.8. The molecule has 0 aliphatic carbocycles. The van der Waals surface area contributed by atoms with Gasteiger partial charge in [0, 0.05) is 17.3 Å². The second-order valence-electron chi connectivity index (χ2n) is 6.07. The summed E-state index contributed by atoms with van der Waals surface area (Å²) in [6, 6.07) is 8.00. The Morgan fingerprint density at radius 2 is 2.24 bits per heavy atom. The number of esters is 1. The number of fused-ring (bicyclic) bond motifs is 4. The second-order valence-corrected chi connectivity index (χ2v) is 6.07. The summed E-state index contributed by atoms with van der Waals surface area (Å²) in [5.41, 5.74) is 0.879. The van der Waals surface area contributed by atoms with E-state index in [9.17, 15) is 9.59 Å². The van der Waals surface area contributed by atoms with E-state index in [0.717, 1.165) is 30.6 Å². The fourth-order valence-corrected chi connectivity index (χ4v) is 4.49. The highest BCUT2D eigenvalue weighted by Gasteiger charge is 2.65. The normalized spacial score (nSPS) is 33.9. The van der Waals surface area contributed by atoms with Crippen molar-refractivity contribution in [2.24, 2.45) is 5.92 Å². The summed E-state index contributed by atoms with van der Waals surface area (Å²) < 4.78 is 5.00. The van der Waals surface area contributed by atoms with E-state index >= 15 is 0 Å². The van der Waals surface area contributed by atoms with Crippen molar-refractivity contribution in [3.8, 4) is 0 Å². The quantitative estimate of drug-likeness (QED) is 0.795. The maximum absolute atomic E-state index is 12.9. The minimum absolute atomic E-state index is 0.0801. The molecule has 4 rings (SSSR count). The third-order valence-electron chi connectivity index (χ3n) is 5.26. The van der Waals surface area contributed by atoms with Gasteiger partial charge in [0.05, 0.1) is 13.0 Å². The van der Waals surface area contributed by atoms with Gasteiger partial charge in [-0.1, -0.05) is 18.2 Å². The predicted octanol–water partition coefficient (Wildman–Crippen LogP) is 1.49. The summed E-state index contributed by atoms with van der Waals surface area (Å²) in [6.45, 7) is 0.861. The van der Waals surface area contributed by atoms with Gasteiger partial charge in [0.25, 0.3) is 5.91 Å². The maximum Gasteiger partial charge on any atom is 0.311 e. The zero-order valence-corrected chi connectivity index (χ0v) is 12.0. The van der Waals surface area contributed by atoms with Crippen LogP contribution < -0.4 is 5.32 Å². The molecule has 0 aromatic heterocycles. The van der Waals surface area contributed by atoms with Crippen LogP contribution in [0.5, 0.6) is 0 Å². The Morgan fingerprint density at radius 3 is 3.05 bits per heavy atom. The number of nitrogens with one attached hydrogen (secondary N) is 1. The van der Waals surface area contributed by atoms with Crippen molar-refractivity contribution in [2.75, 3.05) is 19.0 Å². The third-order valence-corrected chi connectivity index (χ3v) is 5.26. The molecule has 1 spiro atoms. The molecule has 0 saturated carbocycles. The largest absolute Gasteiger partial charge is 0.469 e. The molecular weight excluding hydrogens is 268 g/mol. The molecule has 2 fully saturated rings. The summed E-state index contributed by atoms with van der Waals surface area (Å²) in [5, 5.41) is 2.96. The van der Waals surface area contributed by atoms with Gasteiger partial charge in [-0.15, -0.1) is 0 Å². The summed E-state index contributed by atoms with van der Waals surface area (Å²) >= 11 is 0. The van der Waals surface area contributed by atoms with Gasteiger partial charge in [0.1, 0.15) is 5.54 Å². The molecule has 5 nitrogen and oxygen atoms in total. The number of benzene rings is 1. The molecule has 1 amide bonds. The average Bonchev–Trinajstić information content (AvgIpc) is 3.13. The highest BCUT2D eigenvalue weighted by Crippen LogP contribution is 2.55. The predicted molar refractivity (Wildman–Crippen MR) is 76.6 cm³/mol. The number of carbonyl (C=O) groups excluding carboxylic acids is 2. The van der Waals surface area contributed by atoms with E-state index in [4.69, 9.17) is 4.74 Å². The van der Waals surface area contributed by atoms with Crippen molar-refractivity contribution in [2.45, 2.75) is 30.8 Å². The van der Waals surface area contributed by atoms with Crippen LogP contribution in [-0.2, 0) is 19.9 Å². The number of hydrogen-bond donors (Lipinski definition) is 1. The van der Waals surface area contributed by atoms with Crippen molar-refractivity contribution in [3.05, 3.63) is 29.8 Å². The first-order valence-electron chi connectivity index (χ1n) is 7.45. The molecule has 1 aromatic rings. The summed E-state index contributed by atoms with van der Waals surface area (Å²) in [7, 11) is 1.40. The summed E-state index contributed by atoms with van der Waals surface area (Å²) in [5.74, 6) is -0.781. The van der Waals surface area contributed by atoms with Crippen molar-refractivity contribution in [1.29, 1.82) is 0 Å². The number of carbonyl (C=O) groups is 2. The molecule has 3 aliphatic rings. The molecule has 110 valence electrons. The molecule has 3 aliphatic heterocycles. The lowest BCUT2D eigenvalue weighted by atomic mass is 9.79. The zero-order valence-electron chi connectivity index (χ0n) is 12.0. The number of ether oxygens (including phenoxy) is 1. The molecule has 5 heteroatoms. The van der Waals surface area contributed by atoms with E-state index in [2.05, 4.69) is 10.2 Å². The van der Waals surface area contributed by atoms with Crippen LogP contribution in [0.3, 0.4) is 0 Å². The summed E-state index contributed by atoms with van der Waals surface area (Å²) in [6.07, 6.45) is 2.83. The molecular formula is C16H18N2O3. The van der Waals surface area contributed by atoms with Crippen molar-refractivity contribution in [3.63, 3.8) is 0 Å². The van der Waals surface area contributed by atoms with Crippen LogP contribution >= 0.6 is 0 Å². The molecule has 21 heavy (non-hydrogen) atoms. The topological polar surface area (TPSA) is 58.6 Å². The number of anilines is 1. The number of hydrogen-bond acceptors (Lipinski definition) is 4. The Hall–Kier alpha value is -1.88. The Balaban J connectivity index is 1.93. The monoisotopic (exact) mass is 286 g/mol. The van der Waals surface area contributed by atoms with Crippen LogP contribution in [0.2, 0.25) is 0 Å². The van der Waals surface area contributed by atoms with Gasteiger partial charge in [-0.05, 0) is 31.9 Å². The van der Waals surface area contributed by atoms with Gasteiger partial charge in [0.2, 0.25) is 0 Å². The minimum Gasteiger partial charge on any atom is -0.469 e. The highest BCUT2D eigenvalue weighted by molar-refractivity contribution is 6.08. The molecule has 1 N–H and O–H groups in total. The summed E-state index contributed by atoms with van der Waals surface area (Å²) in [4.78, 5) is 27.4. The zero-order chi connectivity index (χ0) is 14.6. The van der Waals surface area contributed by atoms with Gasteiger partial charge in [-0.25, -0.2) is 0 Å². The Labute approximate surface area is 123 Å². The van der Waals surface area contributed by atoms with Gasteiger partial charge >= 0.3 is 5.97 Å². The molecule has 3 heterocycles. The molecule has 0 bridgehead atoms. The van der Waals surface area contributed by atoms with Gasteiger partial charge in [0.15, 0.2) is 0 Å². The first-order valence-corrected chi connectivity index (χ1v) is 7.45. The lowest BCUT2D eigenvalue weighted by Crippen LogP contribution is -2.52. The highest BCUT2D eigenvalue weighted by atomic mass is 16.5. The van der Waals surface area contributed by atoms with E-state index in [-0.39, 0.29) is 11.9 Å². The Morgan fingerprint density at radius 1 is 1.43 bits per heavy atom. The minimum atomic E-state index is -0.870. The van der Waals surface area contributed by atoms with Crippen LogP contribution in [0.15, 0.2) is 24.3 Å². The van der Waals surface area contributed by atoms with Crippen LogP contribution in [0.25, 0.3) is 0 Å². The van der Waals surface area contributed by atoms with Crippen LogP contribution in [0.1, 0.15) is 24.8 Å². The molecule has 3 atom stereocenters. The fraction of sp³-hybridized carbons (Fsp3) is 0.500. The maximum atomic E-state index is 12.9. The second kappa shape index (κ2) is 4.31. The Kier molecular flexibility index (Phi) is 2.63. The van der Waals surface area contributed by atoms with E-state index in [1.165, 1.54) is 7.11 Å². The third kappa shape index (κ3) is 1.44. The van der Waals surface area contributed by atoms with Crippen molar-refractivity contribution < 1.29 is 14.3 Å². The van der Waals surface area contributed by atoms with Crippen molar-refractivity contribution in [1.82, 2.24) is 4.90 Å². The van der Waals surface area contributed by atoms with E-state index < -0.39 is 11.5 Å². The van der Waals surface area contributed by atoms with Crippen molar-refractivity contribution >= 4 is 17.6 Å². The number of para-hydroxylation sites is 1. The first-order chi connectivity index (χ1) is 10.2. The van der Waals surface area contributed by atoms with E-state index in [1.807, 2.05) is 24.3 Å². The number of nitrogens with zero attached hydrogens (tertiary/aromatic N) is 1. The van der Waals surface area contributed by atoms with Gasteiger partial charge < -0.3 is 10.1 Å².